The molecule has 4 unspecified atom stereocenters. The zero-order valence-corrected chi connectivity index (χ0v) is 13.7. The Morgan fingerprint density at radius 1 is 1.29 bits per heavy atom. The van der Waals surface area contributed by atoms with E-state index in [1.54, 1.807) is 7.11 Å². The van der Waals surface area contributed by atoms with E-state index in [0.717, 1.165) is 25.7 Å². The largest absolute Gasteiger partial charge is 0.381 e. The van der Waals surface area contributed by atoms with Crippen molar-refractivity contribution in [2.45, 2.75) is 89.1 Å². The van der Waals surface area contributed by atoms with Crippen LogP contribution in [0.5, 0.6) is 0 Å². The fraction of sp³-hybridized carbons (Fsp3) is 0.941. The number of hydrogen-bond acceptors (Lipinski definition) is 3. The summed E-state index contributed by atoms with van der Waals surface area (Å²) in [6.07, 6.45) is 9.81. The lowest BCUT2D eigenvalue weighted by Crippen LogP contribution is -2.47. The van der Waals surface area contributed by atoms with Crippen LogP contribution in [0.4, 0.5) is 0 Å². The van der Waals surface area contributed by atoms with Crippen LogP contribution in [0.2, 0.25) is 0 Å². The summed E-state index contributed by atoms with van der Waals surface area (Å²) >= 11 is 0. The molecule has 4 heteroatoms. The quantitative estimate of drug-likeness (QED) is 0.867. The Morgan fingerprint density at radius 3 is 2.57 bits per heavy atom. The number of ether oxygens (including phenoxy) is 1. The van der Waals surface area contributed by atoms with Gasteiger partial charge in [0.05, 0.1) is 17.8 Å². The minimum absolute atomic E-state index is 0.255. The highest BCUT2D eigenvalue weighted by Gasteiger charge is 2.52. The van der Waals surface area contributed by atoms with E-state index in [1.165, 1.54) is 25.7 Å². The average molecular weight is 294 g/mol. The van der Waals surface area contributed by atoms with E-state index in [2.05, 4.69) is 24.1 Å². The molecular weight excluding hydrogens is 264 g/mol. The summed E-state index contributed by atoms with van der Waals surface area (Å²) in [5, 5.41) is 3.70. The third-order valence-electron chi connectivity index (χ3n) is 6.11. The lowest BCUT2D eigenvalue weighted by Gasteiger charge is -2.33. The van der Waals surface area contributed by atoms with Crippen molar-refractivity contribution in [3.05, 3.63) is 0 Å². The molecule has 0 radical (unpaired) electrons. The van der Waals surface area contributed by atoms with Gasteiger partial charge in [-0.1, -0.05) is 19.8 Å². The maximum Gasteiger partial charge on any atom is 0.244 e. The van der Waals surface area contributed by atoms with Gasteiger partial charge in [0, 0.05) is 13.2 Å². The van der Waals surface area contributed by atoms with Gasteiger partial charge in [-0.2, -0.15) is 0 Å². The zero-order valence-electron chi connectivity index (χ0n) is 13.7. The molecule has 1 saturated heterocycles. The molecule has 4 atom stereocenters. The number of amides is 1. The van der Waals surface area contributed by atoms with Gasteiger partial charge in [-0.25, -0.2) is 0 Å². The van der Waals surface area contributed by atoms with Crippen LogP contribution in [0.25, 0.3) is 0 Å². The Balaban J connectivity index is 1.81. The van der Waals surface area contributed by atoms with Crippen molar-refractivity contribution < 1.29 is 9.53 Å². The van der Waals surface area contributed by atoms with Crippen LogP contribution < -0.4 is 5.32 Å². The molecule has 4 nitrogen and oxygen atoms in total. The Kier molecular flexibility index (Phi) is 4.28. The molecule has 0 spiro atoms. The molecule has 2 saturated carbocycles. The minimum atomic E-state index is -0.363. The zero-order chi connectivity index (χ0) is 15.0. The van der Waals surface area contributed by atoms with Crippen molar-refractivity contribution >= 4 is 5.91 Å². The summed E-state index contributed by atoms with van der Waals surface area (Å²) in [4.78, 5) is 15.3. The van der Waals surface area contributed by atoms with Gasteiger partial charge in [0.25, 0.3) is 0 Å². The molecule has 1 heterocycles. The predicted octanol–water partition coefficient (Wildman–Crippen LogP) is 2.67. The molecule has 3 rings (SSSR count). The highest BCUT2D eigenvalue weighted by Crippen LogP contribution is 2.39. The first-order valence-corrected chi connectivity index (χ1v) is 8.72. The van der Waals surface area contributed by atoms with Gasteiger partial charge in [-0.3, -0.25) is 10.1 Å². The van der Waals surface area contributed by atoms with Crippen LogP contribution in [0, 0.1) is 5.92 Å². The minimum Gasteiger partial charge on any atom is -0.381 e. The first-order valence-electron chi connectivity index (χ1n) is 8.72. The first kappa shape index (κ1) is 15.3. The molecule has 3 fully saturated rings. The molecule has 0 bridgehead atoms. The average Bonchev–Trinajstić information content (AvgIpc) is 3.20. The first-order chi connectivity index (χ1) is 10.1. The molecule has 0 aromatic carbocycles. The van der Waals surface area contributed by atoms with E-state index < -0.39 is 0 Å². The van der Waals surface area contributed by atoms with E-state index >= 15 is 0 Å². The highest BCUT2D eigenvalue weighted by molar-refractivity contribution is 5.88. The number of carbonyl (C=O) groups excluding carboxylic acids is 1. The van der Waals surface area contributed by atoms with Gasteiger partial charge in [0.2, 0.25) is 5.91 Å². The molecule has 21 heavy (non-hydrogen) atoms. The summed E-state index contributed by atoms with van der Waals surface area (Å²) < 4.78 is 5.52. The third-order valence-corrected chi connectivity index (χ3v) is 6.11. The van der Waals surface area contributed by atoms with Crippen molar-refractivity contribution in [2.75, 3.05) is 7.11 Å². The predicted molar refractivity (Wildman–Crippen MR) is 82.9 cm³/mol. The van der Waals surface area contributed by atoms with Gasteiger partial charge in [0.1, 0.15) is 0 Å². The SMILES string of the molecule is CCC1(C)NC(C2CCCC2)N(C2CCC(OC)C2)C1=O. The van der Waals surface area contributed by atoms with Crippen molar-refractivity contribution in [3.63, 3.8) is 0 Å². The second kappa shape index (κ2) is 5.88. The van der Waals surface area contributed by atoms with Gasteiger partial charge >= 0.3 is 0 Å². The van der Waals surface area contributed by atoms with Crippen LogP contribution >= 0.6 is 0 Å². The molecule has 2 aliphatic carbocycles. The smallest absolute Gasteiger partial charge is 0.244 e. The number of hydrogen-bond donors (Lipinski definition) is 1. The normalized spacial score (nSPS) is 41.4. The molecule has 1 N–H and O–H groups in total. The molecule has 1 aliphatic heterocycles. The molecule has 0 aromatic heterocycles. The highest BCUT2D eigenvalue weighted by atomic mass is 16.5. The van der Waals surface area contributed by atoms with Crippen molar-refractivity contribution in [1.82, 2.24) is 10.2 Å². The van der Waals surface area contributed by atoms with E-state index in [-0.39, 0.29) is 11.7 Å². The van der Waals surface area contributed by atoms with Crippen molar-refractivity contribution in [1.29, 1.82) is 0 Å². The summed E-state index contributed by atoms with van der Waals surface area (Å²) in [7, 11) is 1.79. The number of nitrogens with zero attached hydrogens (tertiary/aromatic N) is 1. The standard InChI is InChI=1S/C17H30N2O2/c1-4-17(2)16(20)19(13-9-10-14(11-13)21-3)15(18-17)12-7-5-6-8-12/h12-15,18H,4-11H2,1-3H3. The molecule has 0 aromatic rings. The molecule has 3 aliphatic rings. The van der Waals surface area contributed by atoms with Crippen molar-refractivity contribution in [2.24, 2.45) is 5.92 Å². The van der Waals surface area contributed by atoms with Gasteiger partial charge < -0.3 is 9.64 Å². The molecule has 1 amide bonds. The van der Waals surface area contributed by atoms with Gasteiger partial charge in [-0.15, -0.1) is 0 Å². The Morgan fingerprint density at radius 2 is 2.00 bits per heavy atom. The second-order valence-electron chi connectivity index (χ2n) is 7.36. The van der Waals surface area contributed by atoms with E-state index in [1.807, 2.05) is 0 Å². The Labute approximate surface area is 128 Å². The van der Waals surface area contributed by atoms with Gasteiger partial charge in [-0.05, 0) is 51.4 Å². The monoisotopic (exact) mass is 294 g/mol. The third kappa shape index (κ3) is 2.61. The van der Waals surface area contributed by atoms with Crippen LogP contribution in [-0.2, 0) is 9.53 Å². The number of nitrogens with one attached hydrogen (secondary N) is 1. The van der Waals surface area contributed by atoms with Crippen molar-refractivity contribution in [3.8, 4) is 0 Å². The van der Waals surface area contributed by atoms with E-state index in [4.69, 9.17) is 4.74 Å². The van der Waals surface area contributed by atoms with Crippen LogP contribution in [-0.4, -0.2) is 41.8 Å². The Hall–Kier alpha value is -0.610. The fourth-order valence-corrected chi connectivity index (χ4v) is 4.52. The van der Waals surface area contributed by atoms with Crippen LogP contribution in [0.15, 0.2) is 0 Å². The number of methoxy groups -OCH3 is 1. The number of carbonyl (C=O) groups is 1. The van der Waals surface area contributed by atoms with E-state index in [0.29, 0.717) is 24.0 Å². The molecule has 120 valence electrons. The summed E-state index contributed by atoms with van der Waals surface area (Å²) in [5.41, 5.74) is -0.363. The lowest BCUT2D eigenvalue weighted by atomic mass is 9.99. The van der Waals surface area contributed by atoms with Crippen LogP contribution in [0.3, 0.4) is 0 Å². The van der Waals surface area contributed by atoms with E-state index in [9.17, 15) is 4.79 Å². The maximum atomic E-state index is 13.0. The summed E-state index contributed by atoms with van der Waals surface area (Å²) in [6.45, 7) is 4.20. The fourth-order valence-electron chi connectivity index (χ4n) is 4.52. The second-order valence-corrected chi connectivity index (χ2v) is 7.36. The number of rotatable bonds is 4. The topological polar surface area (TPSA) is 41.6 Å². The van der Waals surface area contributed by atoms with Gasteiger partial charge in [0.15, 0.2) is 0 Å². The summed E-state index contributed by atoms with van der Waals surface area (Å²) in [5.74, 6) is 0.965. The lowest BCUT2D eigenvalue weighted by molar-refractivity contribution is -0.135. The maximum absolute atomic E-state index is 13.0. The van der Waals surface area contributed by atoms with Crippen LogP contribution in [0.1, 0.15) is 65.2 Å². The Bertz CT molecular complexity index is 394. The summed E-state index contributed by atoms with van der Waals surface area (Å²) in [6, 6.07) is 0.369. The molecular formula is C17H30N2O2.